The molecule has 1 aliphatic rings. The van der Waals surface area contributed by atoms with Crippen molar-refractivity contribution >= 4 is 11.7 Å². The number of carbonyl (C=O) groups is 1. The lowest BCUT2D eigenvalue weighted by atomic mass is 9.96. The van der Waals surface area contributed by atoms with Crippen molar-refractivity contribution in [1.29, 1.82) is 0 Å². The fraction of sp³-hybridized carbons (Fsp3) is 0.296. The fourth-order valence-electron chi connectivity index (χ4n) is 4.66. The number of quaternary nitrogens is 2. The second-order valence-corrected chi connectivity index (χ2v) is 8.51. The third-order valence-electron chi connectivity index (χ3n) is 6.30. The summed E-state index contributed by atoms with van der Waals surface area (Å²) in [6.45, 7) is 6.45. The van der Waals surface area contributed by atoms with Gasteiger partial charge in [0.15, 0.2) is 0 Å². The summed E-state index contributed by atoms with van der Waals surface area (Å²) in [6, 6.07) is 31.6. The molecule has 0 aromatic heterocycles. The Hall–Kier alpha value is -2.57. The van der Waals surface area contributed by atoms with Crippen molar-refractivity contribution in [3.63, 3.8) is 0 Å². The molecule has 0 saturated carbocycles. The van der Waals surface area contributed by atoms with Crippen LogP contribution in [0.15, 0.2) is 91.0 Å². The van der Waals surface area contributed by atoms with Crippen LogP contribution in [0.25, 0.3) is 0 Å². The monoisotopic (exact) mass is 500 g/mol. The number of rotatable bonds is 8. The summed E-state index contributed by atoms with van der Waals surface area (Å²) < 4.78 is 0. The Morgan fingerprint density at radius 3 is 1.76 bits per heavy atom. The number of amides is 2. The molecule has 7 heteroatoms. The molecule has 34 heavy (non-hydrogen) atoms. The Labute approximate surface area is 215 Å². The van der Waals surface area contributed by atoms with Gasteiger partial charge in [-0.1, -0.05) is 78.9 Å². The molecule has 3 aromatic carbocycles. The van der Waals surface area contributed by atoms with Gasteiger partial charge in [0.25, 0.3) is 0 Å². The van der Waals surface area contributed by atoms with Crippen molar-refractivity contribution in [2.24, 2.45) is 0 Å². The quantitative estimate of drug-likeness (QED) is 0.233. The third kappa shape index (κ3) is 8.03. The van der Waals surface area contributed by atoms with Crippen LogP contribution in [0.3, 0.4) is 0 Å². The van der Waals surface area contributed by atoms with Crippen LogP contribution in [-0.2, 0) is 0 Å². The molecule has 0 unspecified atom stereocenters. The van der Waals surface area contributed by atoms with Gasteiger partial charge in [-0.2, -0.15) is 0 Å². The summed E-state index contributed by atoms with van der Waals surface area (Å²) in [5, 5.41) is 5.84. The van der Waals surface area contributed by atoms with E-state index in [2.05, 4.69) is 71.3 Å². The first kappa shape index (κ1) is 27.7. The molecular weight excluding hydrogens is 467 g/mol. The maximum absolute atomic E-state index is 12.0. The van der Waals surface area contributed by atoms with E-state index in [4.69, 9.17) is 0 Å². The number of hydrogen-bond donors (Lipinski definition) is 4. The number of benzene rings is 3. The zero-order valence-electron chi connectivity index (χ0n) is 19.4. The summed E-state index contributed by atoms with van der Waals surface area (Å²) in [5.41, 5.74) is 3.61. The molecule has 0 atom stereocenters. The Morgan fingerprint density at radius 1 is 0.735 bits per heavy atom. The first-order chi connectivity index (χ1) is 15.8. The van der Waals surface area contributed by atoms with Crippen LogP contribution in [0.5, 0.6) is 0 Å². The summed E-state index contributed by atoms with van der Waals surface area (Å²) in [4.78, 5) is 15.3. The summed E-state index contributed by atoms with van der Waals surface area (Å²) in [6.07, 6.45) is 0.994. The van der Waals surface area contributed by atoms with Crippen LogP contribution in [0.2, 0.25) is 0 Å². The van der Waals surface area contributed by atoms with E-state index >= 15 is 0 Å². The highest BCUT2D eigenvalue weighted by Gasteiger charge is 2.31. The van der Waals surface area contributed by atoms with Crippen molar-refractivity contribution in [3.05, 3.63) is 102 Å². The Bertz CT molecular complexity index is 913. The maximum Gasteiger partial charge on any atom is 0.319 e. The number of urea groups is 1. The number of para-hydroxylation sites is 1. The van der Waals surface area contributed by atoms with Crippen LogP contribution in [-0.4, -0.2) is 45.3 Å². The Morgan fingerprint density at radius 2 is 1.24 bits per heavy atom. The minimum atomic E-state index is -0.131. The zero-order valence-corrected chi connectivity index (χ0v) is 20.9. The van der Waals surface area contributed by atoms with E-state index < -0.39 is 0 Å². The van der Waals surface area contributed by atoms with Crippen LogP contribution >= 0.6 is 0 Å². The van der Waals surface area contributed by atoms with Crippen LogP contribution in [0, 0.1) is 0 Å². The first-order valence-electron chi connectivity index (χ1n) is 11.7. The fourth-order valence-corrected chi connectivity index (χ4v) is 4.66. The van der Waals surface area contributed by atoms with Crippen molar-refractivity contribution in [2.75, 3.05) is 44.6 Å². The van der Waals surface area contributed by atoms with Crippen molar-refractivity contribution in [2.45, 2.75) is 12.5 Å². The van der Waals surface area contributed by atoms with E-state index in [1.165, 1.54) is 24.2 Å². The van der Waals surface area contributed by atoms with Gasteiger partial charge in [-0.15, -0.1) is 0 Å². The molecule has 4 rings (SSSR count). The second-order valence-electron chi connectivity index (χ2n) is 8.51. The van der Waals surface area contributed by atoms with Crippen molar-refractivity contribution in [3.8, 4) is 0 Å². The zero-order chi connectivity index (χ0) is 22.0. The first-order valence-corrected chi connectivity index (χ1v) is 11.7. The predicted octanol–water partition coefficient (Wildman–Crippen LogP) is -4.22. The molecule has 0 aliphatic carbocycles. The van der Waals surface area contributed by atoms with Gasteiger partial charge in [-0.05, 0) is 12.1 Å². The summed E-state index contributed by atoms with van der Waals surface area (Å²) >= 11 is 0. The van der Waals surface area contributed by atoms with Crippen molar-refractivity contribution < 1.29 is 39.4 Å². The van der Waals surface area contributed by atoms with Gasteiger partial charge in [0.05, 0.1) is 6.54 Å². The summed E-state index contributed by atoms with van der Waals surface area (Å²) in [7, 11) is 0. The van der Waals surface area contributed by atoms with E-state index in [1.54, 1.807) is 9.80 Å². The molecule has 5 nitrogen and oxygen atoms in total. The van der Waals surface area contributed by atoms with Crippen LogP contribution in [0.4, 0.5) is 10.5 Å². The Balaban J connectivity index is 0.00000204. The minimum Gasteiger partial charge on any atom is -1.00 e. The van der Waals surface area contributed by atoms with Gasteiger partial charge >= 0.3 is 6.03 Å². The molecule has 1 aliphatic heterocycles. The molecule has 4 N–H and O–H groups in total. The molecule has 2 amide bonds. The average Bonchev–Trinajstić information content (AvgIpc) is 2.85. The average molecular weight is 502 g/mol. The van der Waals surface area contributed by atoms with E-state index in [9.17, 15) is 4.79 Å². The predicted molar refractivity (Wildman–Crippen MR) is 129 cm³/mol. The minimum absolute atomic E-state index is 0. The molecule has 3 aromatic rings. The van der Waals surface area contributed by atoms with Gasteiger partial charge in [-0.3, -0.25) is 0 Å². The largest absolute Gasteiger partial charge is 1.00 e. The lowest BCUT2D eigenvalue weighted by Gasteiger charge is -2.35. The number of nitrogens with one attached hydrogen (secondary N) is 4. The van der Waals surface area contributed by atoms with Gasteiger partial charge in [0, 0.05) is 29.8 Å². The second kappa shape index (κ2) is 14.6. The lowest BCUT2D eigenvalue weighted by Crippen LogP contribution is -3.28. The molecular formula is C27H34Cl2N4O. The highest BCUT2D eigenvalue weighted by atomic mass is 35.5. The van der Waals surface area contributed by atoms with Crippen LogP contribution in [0.1, 0.15) is 23.6 Å². The molecule has 0 spiro atoms. The van der Waals surface area contributed by atoms with Crippen molar-refractivity contribution in [1.82, 2.24) is 5.32 Å². The smallest absolute Gasteiger partial charge is 0.319 e. The van der Waals surface area contributed by atoms with E-state index in [1.807, 2.05) is 30.3 Å². The molecule has 1 saturated heterocycles. The molecule has 1 heterocycles. The van der Waals surface area contributed by atoms with E-state index in [-0.39, 0.29) is 30.8 Å². The standard InChI is InChI=1S/C27H32N4O.2ClH/c32-27(29-25-15-8-3-9-16-25)28-17-10-18-30-19-21-31(22-20-30)26(23-11-4-1-5-12-23)24-13-6-2-7-14-24;;/h1-9,11-16,26H,10,17-22H2,(H2,28,29,32);2*1H. The number of carbonyl (C=O) groups excluding carboxylic acids is 1. The lowest BCUT2D eigenvalue weighted by molar-refractivity contribution is -1.02. The molecule has 0 bridgehead atoms. The van der Waals surface area contributed by atoms with Gasteiger partial charge in [0.1, 0.15) is 32.2 Å². The topological polar surface area (TPSA) is 50.0 Å². The van der Waals surface area contributed by atoms with E-state index in [0.29, 0.717) is 12.6 Å². The highest BCUT2D eigenvalue weighted by molar-refractivity contribution is 5.89. The molecule has 0 radical (unpaired) electrons. The molecule has 1 fully saturated rings. The maximum atomic E-state index is 12.0. The highest BCUT2D eigenvalue weighted by Crippen LogP contribution is 2.18. The number of piperazine rings is 1. The van der Waals surface area contributed by atoms with Crippen LogP contribution < -0.4 is 45.2 Å². The third-order valence-corrected chi connectivity index (χ3v) is 6.30. The Kier molecular flexibility index (Phi) is 11.9. The van der Waals surface area contributed by atoms with E-state index in [0.717, 1.165) is 31.7 Å². The normalized spacial score (nSPS) is 17.2. The number of halogens is 2. The summed E-state index contributed by atoms with van der Waals surface area (Å²) in [5.74, 6) is 0. The number of anilines is 1. The SMILES string of the molecule is O=C(NCCC[NH+]1CC[NH+](C(c2ccccc2)c2ccccc2)CC1)Nc1ccccc1.[Cl-].[Cl-]. The van der Waals surface area contributed by atoms with Gasteiger partial charge in [-0.25, -0.2) is 4.79 Å². The van der Waals surface area contributed by atoms with Gasteiger partial charge in [0.2, 0.25) is 0 Å². The van der Waals surface area contributed by atoms with Gasteiger partial charge < -0.3 is 45.2 Å². The molecule has 182 valence electrons. The number of hydrogen-bond acceptors (Lipinski definition) is 1.